The topological polar surface area (TPSA) is 96.7 Å². The number of nitrogens with zero attached hydrogens (tertiary/aromatic N) is 2. The molecule has 7 heteroatoms. The Morgan fingerprint density at radius 2 is 2.30 bits per heavy atom. The zero-order valence-electron chi connectivity index (χ0n) is 5.14. The van der Waals surface area contributed by atoms with Crippen molar-refractivity contribution in [1.82, 2.24) is 10.3 Å². The third-order valence-electron chi connectivity index (χ3n) is 0.885. The lowest BCUT2D eigenvalue weighted by Gasteiger charge is -2.23. The van der Waals surface area contributed by atoms with Crippen LogP contribution in [-0.4, -0.2) is 11.0 Å². The van der Waals surface area contributed by atoms with Crippen molar-refractivity contribution in [2.75, 3.05) is 0 Å². The zero-order valence-corrected chi connectivity index (χ0v) is 6.03. The first kappa shape index (κ1) is 7.27. The van der Waals surface area contributed by atoms with Gasteiger partial charge in [-0.1, -0.05) is 0 Å². The number of nitrogens with two attached hydrogens (primary N) is 2. The van der Waals surface area contributed by atoms with E-state index in [0.29, 0.717) is 0 Å². The molecule has 0 spiro atoms. The predicted octanol–water partition coefficient (Wildman–Crippen LogP) is -0.668. The molecule has 0 aromatic heterocycles. The van der Waals surface area contributed by atoms with Crippen LogP contribution in [0.25, 0.3) is 0 Å². The second-order valence-corrected chi connectivity index (χ2v) is 3.51. The summed E-state index contributed by atoms with van der Waals surface area (Å²) in [5.41, 5.74) is 12.5. The molecule has 1 heterocycles. The summed E-state index contributed by atoms with van der Waals surface area (Å²) in [6.07, 6.45) is 4.52. The van der Waals surface area contributed by atoms with Crippen LogP contribution in [0.5, 0.6) is 0 Å². The van der Waals surface area contributed by atoms with Crippen LogP contribution in [0.1, 0.15) is 0 Å². The van der Waals surface area contributed by atoms with E-state index in [4.69, 9.17) is 11.0 Å². The molecule has 5 N–H and O–H groups in total. The Kier molecular flexibility index (Phi) is 1.76. The highest BCUT2D eigenvalue weighted by molar-refractivity contribution is 7.56. The first-order valence-electron chi connectivity index (χ1n) is 2.53. The molecule has 0 amide bonds. The lowest BCUT2D eigenvalue weighted by molar-refractivity contribution is 0.408. The van der Waals surface area contributed by atoms with Crippen molar-refractivity contribution in [1.29, 1.82) is 0 Å². The highest BCUT2D eigenvalue weighted by Crippen LogP contribution is 2.29. The molecule has 6 nitrogen and oxygen atoms in total. The molecule has 0 aromatic rings. The van der Waals surface area contributed by atoms with Crippen molar-refractivity contribution < 1.29 is 4.57 Å². The molecule has 0 atom stereocenters. The van der Waals surface area contributed by atoms with Gasteiger partial charge in [-0.25, -0.2) is 10.3 Å². The van der Waals surface area contributed by atoms with E-state index in [1.54, 1.807) is 6.08 Å². The number of hydrogen-bond donors (Lipinski definition) is 3. The minimum atomic E-state index is -3.22. The van der Waals surface area contributed by atoms with E-state index in [9.17, 15) is 4.57 Å². The molecule has 0 bridgehead atoms. The molecule has 0 saturated carbocycles. The Labute approximate surface area is 58.1 Å². The molecule has 0 saturated heterocycles. The van der Waals surface area contributed by atoms with Gasteiger partial charge in [0.15, 0.2) is 0 Å². The number of rotatable bonds is 1. The molecular weight excluding hydrogens is 153 g/mol. The fraction of sp³-hybridized carbons (Fsp3) is 0. The van der Waals surface area contributed by atoms with Gasteiger partial charge in [0, 0.05) is 6.20 Å². The first-order chi connectivity index (χ1) is 4.61. The lowest BCUT2D eigenvalue weighted by atomic mass is 10.7. The molecule has 10 heavy (non-hydrogen) atoms. The SMILES string of the molecule is NP(N)(=O)N1C=CC=NN1. The van der Waals surface area contributed by atoms with Gasteiger partial charge in [-0.2, -0.15) is 5.10 Å². The van der Waals surface area contributed by atoms with Crippen LogP contribution in [-0.2, 0) is 4.57 Å². The van der Waals surface area contributed by atoms with Crippen molar-refractivity contribution in [3.63, 3.8) is 0 Å². The van der Waals surface area contributed by atoms with Gasteiger partial charge in [0.2, 0.25) is 0 Å². The van der Waals surface area contributed by atoms with E-state index in [2.05, 4.69) is 10.6 Å². The number of hydrazine groups is 1. The zero-order chi connectivity index (χ0) is 7.61. The second kappa shape index (κ2) is 2.42. The van der Waals surface area contributed by atoms with Crippen LogP contribution >= 0.6 is 7.59 Å². The highest BCUT2D eigenvalue weighted by atomic mass is 31.2. The van der Waals surface area contributed by atoms with Crippen molar-refractivity contribution in [3.05, 3.63) is 12.3 Å². The molecular formula is C3H8N5OP. The average Bonchev–Trinajstić information content (AvgIpc) is 1.88. The van der Waals surface area contributed by atoms with Gasteiger partial charge >= 0.3 is 7.59 Å². The Hall–Kier alpha value is -0.840. The third-order valence-corrected chi connectivity index (χ3v) is 1.78. The van der Waals surface area contributed by atoms with Crippen molar-refractivity contribution in [2.45, 2.75) is 0 Å². The van der Waals surface area contributed by atoms with Crippen LogP contribution in [0.15, 0.2) is 17.4 Å². The molecule has 1 rings (SSSR count). The summed E-state index contributed by atoms with van der Waals surface area (Å²) in [6, 6.07) is 0. The first-order valence-corrected chi connectivity index (χ1v) is 4.33. The van der Waals surface area contributed by atoms with Gasteiger partial charge in [-0.15, -0.1) is 0 Å². The van der Waals surface area contributed by atoms with Gasteiger partial charge in [0.05, 0.1) is 6.21 Å². The Morgan fingerprint density at radius 1 is 1.60 bits per heavy atom. The fourth-order valence-corrected chi connectivity index (χ4v) is 0.940. The molecule has 56 valence electrons. The maximum absolute atomic E-state index is 10.9. The van der Waals surface area contributed by atoms with Gasteiger partial charge in [-0.05, 0) is 6.08 Å². The number of nitrogens with one attached hydrogen (secondary N) is 1. The van der Waals surface area contributed by atoms with Crippen LogP contribution in [0.4, 0.5) is 0 Å². The predicted molar refractivity (Wildman–Crippen MR) is 38.6 cm³/mol. The lowest BCUT2D eigenvalue weighted by Crippen LogP contribution is -2.34. The van der Waals surface area contributed by atoms with E-state index in [1.165, 1.54) is 12.4 Å². The third kappa shape index (κ3) is 1.57. The summed E-state index contributed by atoms with van der Waals surface area (Å²) in [6.45, 7) is 0. The maximum Gasteiger partial charge on any atom is 0.319 e. The standard InChI is InChI=1S/C3H8N5OP/c4-10(5,9)8-3-1-2-6-7-8/h1-3,7H,(H4,4,5,9). The Bertz CT molecular complexity index is 217. The normalized spacial score (nSPS) is 17.2. The number of hydrazone groups is 1. The molecule has 0 unspecified atom stereocenters. The van der Waals surface area contributed by atoms with E-state index >= 15 is 0 Å². The number of hydrogen-bond acceptors (Lipinski definition) is 3. The Balaban J connectivity index is 2.69. The van der Waals surface area contributed by atoms with Crippen LogP contribution in [0.2, 0.25) is 0 Å². The van der Waals surface area contributed by atoms with Gasteiger partial charge < -0.3 is 0 Å². The largest absolute Gasteiger partial charge is 0.319 e. The minimum Gasteiger partial charge on any atom is -0.263 e. The maximum atomic E-state index is 10.9. The van der Waals surface area contributed by atoms with Gasteiger partial charge in [0.25, 0.3) is 0 Å². The molecule has 0 aromatic carbocycles. The number of allylic oxidation sites excluding steroid dienone is 1. The summed E-state index contributed by atoms with van der Waals surface area (Å²) >= 11 is 0. The highest BCUT2D eigenvalue weighted by Gasteiger charge is 2.17. The van der Waals surface area contributed by atoms with Crippen LogP contribution in [0.3, 0.4) is 0 Å². The smallest absolute Gasteiger partial charge is 0.263 e. The molecule has 1 aliphatic rings. The Morgan fingerprint density at radius 3 is 2.60 bits per heavy atom. The summed E-state index contributed by atoms with van der Waals surface area (Å²) in [5.74, 6) is 0. The van der Waals surface area contributed by atoms with Crippen molar-refractivity contribution in [3.8, 4) is 0 Å². The second-order valence-electron chi connectivity index (χ2n) is 1.74. The van der Waals surface area contributed by atoms with E-state index in [1.807, 2.05) is 0 Å². The summed E-state index contributed by atoms with van der Waals surface area (Å²) in [4.78, 5) is 0. The fourth-order valence-electron chi connectivity index (χ4n) is 0.463. The summed E-state index contributed by atoms with van der Waals surface area (Å²) in [7, 11) is -3.22. The molecule has 0 radical (unpaired) electrons. The molecule has 1 aliphatic heterocycles. The summed E-state index contributed by atoms with van der Waals surface area (Å²) in [5, 5.41) is 3.56. The molecule has 0 fully saturated rings. The van der Waals surface area contributed by atoms with Gasteiger partial charge in [0.1, 0.15) is 0 Å². The summed E-state index contributed by atoms with van der Waals surface area (Å²) < 4.78 is 11.9. The van der Waals surface area contributed by atoms with Crippen molar-refractivity contribution in [2.24, 2.45) is 16.1 Å². The monoisotopic (exact) mass is 161 g/mol. The average molecular weight is 161 g/mol. The van der Waals surface area contributed by atoms with Crippen LogP contribution < -0.4 is 16.5 Å². The quantitative estimate of drug-likeness (QED) is 0.443. The van der Waals surface area contributed by atoms with Crippen LogP contribution in [0, 0.1) is 0 Å². The van der Waals surface area contributed by atoms with Gasteiger partial charge in [-0.3, -0.25) is 15.6 Å². The van der Waals surface area contributed by atoms with E-state index in [0.717, 1.165) is 4.78 Å². The van der Waals surface area contributed by atoms with E-state index < -0.39 is 7.59 Å². The minimum absolute atomic E-state index is 1.06. The van der Waals surface area contributed by atoms with E-state index in [-0.39, 0.29) is 0 Å². The molecule has 0 aliphatic carbocycles. The van der Waals surface area contributed by atoms with Crippen molar-refractivity contribution >= 4 is 13.8 Å².